The van der Waals surface area contributed by atoms with E-state index in [2.05, 4.69) is 25.5 Å². The molecule has 0 bridgehead atoms. The van der Waals surface area contributed by atoms with Crippen LogP contribution in [0.15, 0.2) is 30.7 Å². The van der Waals surface area contributed by atoms with Crippen LogP contribution in [0.3, 0.4) is 0 Å². The van der Waals surface area contributed by atoms with E-state index in [0.717, 1.165) is 46.9 Å². The molecule has 1 amide bonds. The van der Waals surface area contributed by atoms with Gasteiger partial charge in [-0.15, -0.1) is 11.3 Å². The minimum absolute atomic E-state index is 0.000158. The molecule has 0 saturated heterocycles. The zero-order valence-electron chi connectivity index (χ0n) is 20.4. The Kier molecular flexibility index (Phi) is 6.73. The van der Waals surface area contributed by atoms with Crippen molar-refractivity contribution in [1.82, 2.24) is 29.5 Å². The fourth-order valence-electron chi connectivity index (χ4n) is 4.18. The highest BCUT2D eigenvalue weighted by atomic mass is 32.1. The molecule has 38 heavy (non-hydrogen) atoms. The predicted molar refractivity (Wildman–Crippen MR) is 131 cm³/mol. The molecule has 4 aromatic rings. The summed E-state index contributed by atoms with van der Waals surface area (Å²) in [5, 5.41) is 11.2. The van der Waals surface area contributed by atoms with Crippen molar-refractivity contribution < 1.29 is 27.5 Å². The standard InChI is InChI=1S/C24H22F3N7O3S/c1-3-37-22(36)19-14-6-4-5-7-17(14)38-21(19)31-20(35)15-8-9-34(32-15)23-29-16(13-11-28-33(2)12-13)10-18(30-23)24(25,26)27/h8-12H,3-7H2,1-2H3,(H,31,35). The molecule has 1 aliphatic carbocycles. The Morgan fingerprint density at radius 2 is 2.00 bits per heavy atom. The lowest BCUT2D eigenvalue weighted by molar-refractivity contribution is -0.141. The molecule has 1 N–H and O–H groups in total. The first kappa shape index (κ1) is 25.6. The van der Waals surface area contributed by atoms with Crippen LogP contribution in [0, 0.1) is 0 Å². The van der Waals surface area contributed by atoms with Crippen molar-refractivity contribution in [1.29, 1.82) is 0 Å². The Morgan fingerprint density at radius 3 is 2.71 bits per heavy atom. The Hall–Kier alpha value is -4.07. The number of alkyl halides is 3. The molecule has 0 aromatic carbocycles. The van der Waals surface area contributed by atoms with Crippen LogP contribution in [-0.2, 0) is 30.8 Å². The van der Waals surface area contributed by atoms with Gasteiger partial charge in [0.2, 0.25) is 0 Å². The molecule has 0 radical (unpaired) electrons. The van der Waals surface area contributed by atoms with Gasteiger partial charge in [0.15, 0.2) is 11.4 Å². The summed E-state index contributed by atoms with van der Waals surface area (Å²) in [6.07, 6.45) is 2.93. The fraction of sp³-hybridized carbons (Fsp3) is 0.333. The molecule has 1 aliphatic rings. The van der Waals surface area contributed by atoms with Crippen molar-refractivity contribution in [2.75, 3.05) is 11.9 Å². The highest BCUT2D eigenvalue weighted by Crippen LogP contribution is 2.39. The number of anilines is 1. The van der Waals surface area contributed by atoms with Gasteiger partial charge in [-0.05, 0) is 50.3 Å². The Labute approximate surface area is 218 Å². The molecule has 4 aromatic heterocycles. The van der Waals surface area contributed by atoms with Crippen LogP contribution in [0.5, 0.6) is 0 Å². The molecule has 0 unspecified atom stereocenters. The van der Waals surface area contributed by atoms with E-state index in [9.17, 15) is 22.8 Å². The normalized spacial score (nSPS) is 13.3. The van der Waals surface area contributed by atoms with Gasteiger partial charge in [-0.25, -0.2) is 19.4 Å². The van der Waals surface area contributed by atoms with Crippen molar-refractivity contribution in [3.8, 4) is 17.2 Å². The van der Waals surface area contributed by atoms with E-state index < -0.39 is 23.7 Å². The number of nitrogens with zero attached hydrogens (tertiary/aromatic N) is 6. The zero-order chi connectivity index (χ0) is 27.0. The molecule has 14 heteroatoms. The lowest BCUT2D eigenvalue weighted by Gasteiger charge is -2.12. The number of aryl methyl sites for hydroxylation is 2. The van der Waals surface area contributed by atoms with Gasteiger partial charge in [-0.3, -0.25) is 9.48 Å². The van der Waals surface area contributed by atoms with Crippen molar-refractivity contribution in [2.24, 2.45) is 7.05 Å². The van der Waals surface area contributed by atoms with Crippen LogP contribution in [0.2, 0.25) is 0 Å². The SMILES string of the molecule is CCOC(=O)c1c(NC(=O)c2ccn(-c3nc(-c4cnn(C)c4)cc(C(F)(F)F)n3)n2)sc2c1CCCC2. The van der Waals surface area contributed by atoms with Gasteiger partial charge in [0.1, 0.15) is 5.00 Å². The summed E-state index contributed by atoms with van der Waals surface area (Å²) in [6.45, 7) is 1.90. The van der Waals surface area contributed by atoms with E-state index in [1.807, 2.05) is 0 Å². The Balaban J connectivity index is 1.46. The third kappa shape index (κ3) is 5.03. The number of amides is 1. The van der Waals surface area contributed by atoms with E-state index in [-0.39, 0.29) is 23.9 Å². The maximum absolute atomic E-state index is 13.6. The van der Waals surface area contributed by atoms with E-state index in [1.54, 1.807) is 14.0 Å². The van der Waals surface area contributed by atoms with Crippen LogP contribution in [0.4, 0.5) is 18.2 Å². The molecule has 0 saturated carbocycles. The maximum atomic E-state index is 13.6. The summed E-state index contributed by atoms with van der Waals surface area (Å²) >= 11 is 1.32. The van der Waals surface area contributed by atoms with Gasteiger partial charge in [0.05, 0.1) is 24.1 Å². The average molecular weight is 546 g/mol. The number of ether oxygens (including phenoxy) is 1. The summed E-state index contributed by atoms with van der Waals surface area (Å²) in [4.78, 5) is 34.6. The first-order chi connectivity index (χ1) is 18.1. The van der Waals surface area contributed by atoms with Crippen LogP contribution < -0.4 is 5.32 Å². The van der Waals surface area contributed by atoms with Gasteiger partial charge in [0, 0.05) is 29.9 Å². The van der Waals surface area contributed by atoms with E-state index in [0.29, 0.717) is 16.1 Å². The number of carbonyl (C=O) groups excluding carboxylic acids is 2. The molecule has 0 aliphatic heterocycles. The van der Waals surface area contributed by atoms with Gasteiger partial charge >= 0.3 is 12.1 Å². The molecule has 10 nitrogen and oxygen atoms in total. The number of halogens is 3. The summed E-state index contributed by atoms with van der Waals surface area (Å²) in [5.74, 6) is -1.50. The first-order valence-electron chi connectivity index (χ1n) is 11.8. The number of hydrogen-bond acceptors (Lipinski definition) is 8. The number of carbonyl (C=O) groups is 2. The van der Waals surface area contributed by atoms with E-state index in [4.69, 9.17) is 4.74 Å². The zero-order valence-corrected chi connectivity index (χ0v) is 21.2. The largest absolute Gasteiger partial charge is 0.462 e. The summed E-state index contributed by atoms with van der Waals surface area (Å²) in [6, 6.07) is 2.16. The lowest BCUT2D eigenvalue weighted by atomic mass is 9.95. The second-order valence-corrected chi connectivity index (χ2v) is 9.68. The summed E-state index contributed by atoms with van der Waals surface area (Å²) in [5.41, 5.74) is 0.351. The third-order valence-corrected chi connectivity index (χ3v) is 7.12. The van der Waals surface area contributed by atoms with Crippen molar-refractivity contribution in [3.05, 3.63) is 58.1 Å². The predicted octanol–water partition coefficient (Wildman–Crippen LogP) is 4.45. The molecular weight excluding hydrogens is 523 g/mol. The highest BCUT2D eigenvalue weighted by Gasteiger charge is 2.34. The summed E-state index contributed by atoms with van der Waals surface area (Å²) in [7, 11) is 1.63. The number of nitrogens with one attached hydrogen (secondary N) is 1. The number of rotatable bonds is 6. The first-order valence-corrected chi connectivity index (χ1v) is 12.6. The molecule has 4 heterocycles. The lowest BCUT2D eigenvalue weighted by Crippen LogP contribution is -2.17. The third-order valence-electron chi connectivity index (χ3n) is 5.91. The maximum Gasteiger partial charge on any atom is 0.433 e. The topological polar surface area (TPSA) is 117 Å². The smallest absolute Gasteiger partial charge is 0.433 e. The number of esters is 1. The van der Waals surface area contributed by atoms with Crippen LogP contribution in [-0.4, -0.2) is 48.0 Å². The van der Waals surface area contributed by atoms with Gasteiger partial charge in [-0.2, -0.15) is 23.4 Å². The quantitative estimate of drug-likeness (QED) is 0.356. The van der Waals surface area contributed by atoms with E-state index in [1.165, 1.54) is 40.7 Å². The van der Waals surface area contributed by atoms with Crippen LogP contribution in [0.1, 0.15) is 56.7 Å². The molecular formula is C24H22F3N7O3S. The van der Waals surface area contributed by atoms with Gasteiger partial charge < -0.3 is 10.1 Å². The van der Waals surface area contributed by atoms with Crippen LogP contribution >= 0.6 is 11.3 Å². The van der Waals surface area contributed by atoms with E-state index >= 15 is 0 Å². The highest BCUT2D eigenvalue weighted by molar-refractivity contribution is 7.17. The molecule has 198 valence electrons. The fourth-order valence-corrected chi connectivity index (χ4v) is 5.45. The van der Waals surface area contributed by atoms with Crippen molar-refractivity contribution >= 4 is 28.2 Å². The number of fused-ring (bicyclic) bond motifs is 1. The molecule has 5 rings (SSSR count). The summed E-state index contributed by atoms with van der Waals surface area (Å²) < 4.78 is 48.4. The van der Waals surface area contributed by atoms with Crippen LogP contribution in [0.25, 0.3) is 17.2 Å². The minimum atomic E-state index is -4.73. The van der Waals surface area contributed by atoms with Gasteiger partial charge in [-0.1, -0.05) is 0 Å². The van der Waals surface area contributed by atoms with Gasteiger partial charge in [0.25, 0.3) is 11.9 Å². The Bertz CT molecular complexity index is 1520. The van der Waals surface area contributed by atoms with Crippen molar-refractivity contribution in [3.63, 3.8) is 0 Å². The number of hydrogen-bond donors (Lipinski definition) is 1. The number of thiophene rings is 1. The second-order valence-electron chi connectivity index (χ2n) is 8.57. The average Bonchev–Trinajstić information content (AvgIpc) is 3.61. The second kappa shape index (κ2) is 10.0. The molecule has 0 atom stereocenters. The number of aromatic nitrogens is 6. The Morgan fingerprint density at radius 1 is 1.21 bits per heavy atom. The van der Waals surface area contributed by atoms with Crippen molar-refractivity contribution in [2.45, 2.75) is 38.8 Å². The monoisotopic (exact) mass is 545 g/mol. The minimum Gasteiger partial charge on any atom is -0.462 e. The molecule has 0 spiro atoms. The molecule has 0 fully saturated rings.